The topological polar surface area (TPSA) is 61.6 Å². The van der Waals surface area contributed by atoms with Crippen molar-refractivity contribution in [2.24, 2.45) is 5.73 Å². The zero-order chi connectivity index (χ0) is 15.1. The van der Waals surface area contributed by atoms with Crippen molar-refractivity contribution < 1.29 is 4.79 Å². The molecule has 0 spiro atoms. The smallest absolute Gasteiger partial charge is 0.221 e. The van der Waals surface area contributed by atoms with Gasteiger partial charge >= 0.3 is 0 Å². The average Bonchev–Trinajstić information content (AvgIpc) is 2.48. The van der Waals surface area contributed by atoms with Crippen molar-refractivity contribution in [3.63, 3.8) is 0 Å². The molecule has 0 aliphatic carbocycles. The predicted molar refractivity (Wildman–Crippen MR) is 87.7 cm³/mol. The molecule has 1 saturated heterocycles. The first-order valence-corrected chi connectivity index (χ1v) is 7.74. The van der Waals surface area contributed by atoms with Crippen molar-refractivity contribution >= 4 is 17.3 Å². The Bertz CT molecular complexity index is 455. The summed E-state index contributed by atoms with van der Waals surface area (Å²) in [7, 11) is 0. The van der Waals surface area contributed by atoms with E-state index in [-0.39, 0.29) is 5.91 Å². The van der Waals surface area contributed by atoms with E-state index in [1.165, 1.54) is 19.0 Å². The molecule has 5 nitrogen and oxygen atoms in total. The number of unbranched alkanes of at least 4 members (excludes halogenated alkanes) is 1. The fourth-order valence-corrected chi connectivity index (χ4v) is 2.69. The molecule has 1 fully saturated rings. The van der Waals surface area contributed by atoms with Crippen molar-refractivity contribution in [1.29, 1.82) is 0 Å². The van der Waals surface area contributed by atoms with Crippen LogP contribution in [-0.4, -0.2) is 50.1 Å². The van der Waals surface area contributed by atoms with Gasteiger partial charge in [-0.05, 0) is 44.1 Å². The first-order chi connectivity index (χ1) is 10.2. The Morgan fingerprint density at radius 1 is 1.24 bits per heavy atom. The van der Waals surface area contributed by atoms with E-state index in [4.69, 9.17) is 5.73 Å². The predicted octanol–water partition coefficient (Wildman–Crippen LogP) is 1.51. The van der Waals surface area contributed by atoms with Gasteiger partial charge in [0.2, 0.25) is 5.91 Å². The maximum absolute atomic E-state index is 11.1. The minimum Gasteiger partial charge on any atom is -0.369 e. The number of hydrogen-bond donors (Lipinski definition) is 2. The summed E-state index contributed by atoms with van der Waals surface area (Å²) in [5.74, 6) is -0.0307. The molecule has 2 rings (SSSR count). The molecule has 0 radical (unpaired) electrons. The molecule has 1 aromatic rings. The highest BCUT2D eigenvalue weighted by Gasteiger charge is 2.16. The molecule has 0 atom stereocenters. The van der Waals surface area contributed by atoms with Gasteiger partial charge in [0.25, 0.3) is 0 Å². The number of carbonyl (C=O) groups excluding carboxylic acids is 1. The second-order valence-electron chi connectivity index (χ2n) is 5.56. The second kappa shape index (κ2) is 8.00. The quantitative estimate of drug-likeness (QED) is 0.780. The number of carbonyl (C=O) groups is 1. The Balaban J connectivity index is 1.85. The molecule has 0 bridgehead atoms. The van der Waals surface area contributed by atoms with Crippen molar-refractivity contribution in [1.82, 2.24) is 4.90 Å². The monoisotopic (exact) mass is 290 g/mol. The normalized spacial score (nSPS) is 16.0. The molecule has 116 valence electrons. The Morgan fingerprint density at radius 2 is 2.00 bits per heavy atom. The lowest BCUT2D eigenvalue weighted by molar-refractivity contribution is -0.114. The molecule has 21 heavy (non-hydrogen) atoms. The van der Waals surface area contributed by atoms with Gasteiger partial charge in [0.1, 0.15) is 0 Å². The van der Waals surface area contributed by atoms with Crippen LogP contribution in [0.25, 0.3) is 0 Å². The minimum atomic E-state index is -0.0307. The van der Waals surface area contributed by atoms with Crippen LogP contribution in [0.4, 0.5) is 11.4 Å². The van der Waals surface area contributed by atoms with Gasteiger partial charge in [-0.2, -0.15) is 0 Å². The lowest BCUT2D eigenvalue weighted by Crippen LogP contribution is -2.46. The first-order valence-electron chi connectivity index (χ1n) is 7.74. The van der Waals surface area contributed by atoms with Crippen LogP contribution < -0.4 is 16.0 Å². The number of anilines is 2. The van der Waals surface area contributed by atoms with Crippen molar-refractivity contribution in [3.8, 4) is 0 Å². The third-order valence-electron chi connectivity index (χ3n) is 3.83. The molecular weight excluding hydrogens is 264 g/mol. The van der Waals surface area contributed by atoms with Gasteiger partial charge in [0.05, 0.1) is 0 Å². The Morgan fingerprint density at radius 3 is 2.67 bits per heavy atom. The van der Waals surface area contributed by atoms with Crippen LogP contribution in [0.1, 0.15) is 19.8 Å². The average molecular weight is 290 g/mol. The van der Waals surface area contributed by atoms with Crippen LogP contribution >= 0.6 is 0 Å². The van der Waals surface area contributed by atoms with Crippen molar-refractivity contribution in [2.45, 2.75) is 19.8 Å². The third kappa shape index (κ3) is 5.02. The molecular formula is C16H26N4O. The van der Waals surface area contributed by atoms with Gasteiger partial charge in [-0.1, -0.05) is 6.07 Å². The Labute approximate surface area is 127 Å². The summed E-state index contributed by atoms with van der Waals surface area (Å²) in [5, 5.41) is 2.84. The minimum absolute atomic E-state index is 0.0307. The zero-order valence-electron chi connectivity index (χ0n) is 12.8. The van der Waals surface area contributed by atoms with E-state index < -0.39 is 0 Å². The fraction of sp³-hybridized carbons (Fsp3) is 0.562. The van der Waals surface area contributed by atoms with E-state index in [0.29, 0.717) is 0 Å². The van der Waals surface area contributed by atoms with Crippen LogP contribution in [0.2, 0.25) is 0 Å². The van der Waals surface area contributed by atoms with Crippen LogP contribution in [0.15, 0.2) is 24.3 Å². The van der Waals surface area contributed by atoms with Gasteiger partial charge in [-0.25, -0.2) is 0 Å². The molecule has 0 unspecified atom stereocenters. The summed E-state index contributed by atoms with van der Waals surface area (Å²) in [6, 6.07) is 8.07. The molecule has 5 heteroatoms. The van der Waals surface area contributed by atoms with E-state index in [0.717, 1.165) is 51.4 Å². The van der Waals surface area contributed by atoms with E-state index in [1.54, 1.807) is 0 Å². The number of benzene rings is 1. The highest BCUT2D eigenvalue weighted by molar-refractivity contribution is 5.89. The summed E-state index contributed by atoms with van der Waals surface area (Å²) in [4.78, 5) is 16.0. The molecule has 1 aliphatic heterocycles. The Kier molecular flexibility index (Phi) is 6.02. The van der Waals surface area contributed by atoms with Gasteiger partial charge in [-0.15, -0.1) is 0 Å². The van der Waals surface area contributed by atoms with E-state index >= 15 is 0 Å². The first kappa shape index (κ1) is 15.8. The molecule has 1 aromatic carbocycles. The molecule has 0 aromatic heterocycles. The second-order valence-corrected chi connectivity index (χ2v) is 5.56. The van der Waals surface area contributed by atoms with Gasteiger partial charge in [-0.3, -0.25) is 9.69 Å². The number of piperazine rings is 1. The highest BCUT2D eigenvalue weighted by Crippen LogP contribution is 2.21. The third-order valence-corrected chi connectivity index (χ3v) is 3.83. The van der Waals surface area contributed by atoms with Crippen LogP contribution in [-0.2, 0) is 4.79 Å². The summed E-state index contributed by atoms with van der Waals surface area (Å²) in [6.45, 7) is 7.72. The van der Waals surface area contributed by atoms with Gasteiger partial charge in [0.15, 0.2) is 0 Å². The fourth-order valence-electron chi connectivity index (χ4n) is 2.69. The van der Waals surface area contributed by atoms with Crippen LogP contribution in [0.5, 0.6) is 0 Å². The lowest BCUT2D eigenvalue weighted by atomic mass is 10.2. The van der Waals surface area contributed by atoms with E-state index in [1.807, 2.05) is 18.2 Å². The lowest BCUT2D eigenvalue weighted by Gasteiger charge is -2.36. The number of nitrogens with one attached hydrogen (secondary N) is 1. The number of rotatable bonds is 6. The van der Waals surface area contributed by atoms with Crippen molar-refractivity contribution in [3.05, 3.63) is 24.3 Å². The molecule has 1 heterocycles. The number of amides is 1. The number of nitrogens with zero attached hydrogens (tertiary/aromatic N) is 2. The highest BCUT2D eigenvalue weighted by atomic mass is 16.1. The summed E-state index contributed by atoms with van der Waals surface area (Å²) in [6.07, 6.45) is 2.30. The van der Waals surface area contributed by atoms with Crippen LogP contribution in [0.3, 0.4) is 0 Å². The Hall–Kier alpha value is -1.59. The standard InChI is InChI=1S/C16H26N4O/c1-14(21)18-15-5-4-6-16(13-15)20-11-9-19(10-12-20)8-3-2-7-17/h4-6,13H,2-3,7-12,17H2,1H3,(H,18,21). The zero-order valence-corrected chi connectivity index (χ0v) is 12.8. The molecule has 1 aliphatic rings. The van der Waals surface area contributed by atoms with Gasteiger partial charge < -0.3 is 16.0 Å². The molecule has 3 N–H and O–H groups in total. The SMILES string of the molecule is CC(=O)Nc1cccc(N2CCN(CCCCN)CC2)c1. The largest absolute Gasteiger partial charge is 0.369 e. The summed E-state index contributed by atoms with van der Waals surface area (Å²) in [5.41, 5.74) is 7.58. The van der Waals surface area contributed by atoms with Gasteiger partial charge in [0, 0.05) is 44.5 Å². The maximum Gasteiger partial charge on any atom is 0.221 e. The summed E-state index contributed by atoms with van der Waals surface area (Å²) >= 11 is 0. The molecule has 1 amide bonds. The number of hydrogen-bond acceptors (Lipinski definition) is 4. The van der Waals surface area contributed by atoms with Crippen LogP contribution in [0, 0.1) is 0 Å². The van der Waals surface area contributed by atoms with Crippen molar-refractivity contribution in [2.75, 3.05) is 49.5 Å². The number of nitrogens with two attached hydrogens (primary N) is 1. The summed E-state index contributed by atoms with van der Waals surface area (Å²) < 4.78 is 0. The molecule has 0 saturated carbocycles. The maximum atomic E-state index is 11.1. The van der Waals surface area contributed by atoms with E-state index in [9.17, 15) is 4.79 Å². The van der Waals surface area contributed by atoms with E-state index in [2.05, 4.69) is 21.2 Å².